The number of aryl methyl sites for hydroxylation is 1. The maximum atomic E-state index is 12.7. The second kappa shape index (κ2) is 7.62. The number of nitrogens with one attached hydrogen (secondary N) is 2. The van der Waals surface area contributed by atoms with Gasteiger partial charge < -0.3 is 5.32 Å². The largest absolute Gasteiger partial charge is 0.326 e. The topological polar surface area (TPSA) is 71.1 Å². The summed E-state index contributed by atoms with van der Waals surface area (Å²) in [5.74, 6) is -0.552. The molecule has 1 atom stereocenters. The molecule has 1 aromatic heterocycles. The summed E-state index contributed by atoms with van der Waals surface area (Å²) in [5, 5.41) is 6.32. The Morgan fingerprint density at radius 2 is 1.78 bits per heavy atom. The lowest BCUT2D eigenvalue weighted by atomic mass is 10.1. The van der Waals surface area contributed by atoms with Gasteiger partial charge in [-0.15, -0.1) is 11.3 Å². The quantitative estimate of drug-likeness (QED) is 0.608. The number of halogens is 1. The molecule has 1 aliphatic carbocycles. The molecule has 136 valence electrons. The third-order valence-corrected chi connectivity index (χ3v) is 5.98. The summed E-state index contributed by atoms with van der Waals surface area (Å²) in [6, 6.07) is 16.5. The van der Waals surface area contributed by atoms with E-state index in [1.165, 1.54) is 11.3 Å². The normalized spacial score (nSPS) is 15.2. The van der Waals surface area contributed by atoms with Gasteiger partial charge in [-0.2, -0.15) is 0 Å². The molecular formula is C20H16BrN3O2S. The number of amides is 2. The lowest BCUT2D eigenvalue weighted by Crippen LogP contribution is -2.20. The van der Waals surface area contributed by atoms with E-state index in [2.05, 4.69) is 31.5 Å². The Balaban J connectivity index is 1.46. The van der Waals surface area contributed by atoms with Crippen LogP contribution >= 0.6 is 27.3 Å². The maximum absolute atomic E-state index is 12.7. The number of fused-ring (bicyclic) bond motifs is 1. The molecule has 0 bridgehead atoms. The van der Waals surface area contributed by atoms with Crippen molar-refractivity contribution in [3.8, 4) is 0 Å². The molecule has 0 saturated carbocycles. The fourth-order valence-corrected chi connectivity index (χ4v) is 4.36. The highest BCUT2D eigenvalue weighted by Crippen LogP contribution is 2.39. The van der Waals surface area contributed by atoms with Crippen molar-refractivity contribution < 1.29 is 9.59 Å². The van der Waals surface area contributed by atoms with Crippen LogP contribution in [0.5, 0.6) is 0 Å². The average Bonchev–Trinajstić information content (AvgIpc) is 3.24. The number of thiazole rings is 1. The smallest absolute Gasteiger partial charge is 0.257 e. The molecule has 1 unspecified atom stereocenters. The SMILES string of the molecule is O=C(Nc1nc2c(s1)CCC2C(=O)Nc1ccc(Br)cc1)c1ccccc1. The van der Waals surface area contributed by atoms with E-state index >= 15 is 0 Å². The van der Waals surface area contributed by atoms with Gasteiger partial charge >= 0.3 is 0 Å². The molecule has 2 aromatic carbocycles. The standard InChI is InChI=1S/C20H16BrN3O2S/c21-13-6-8-14(9-7-13)22-19(26)15-10-11-16-17(15)23-20(27-16)24-18(25)12-4-2-1-3-5-12/h1-9,15H,10-11H2,(H,22,26)(H,23,24,25). The van der Waals surface area contributed by atoms with E-state index in [-0.39, 0.29) is 17.7 Å². The summed E-state index contributed by atoms with van der Waals surface area (Å²) in [6.45, 7) is 0. The number of hydrogen-bond donors (Lipinski definition) is 2. The first-order valence-electron chi connectivity index (χ1n) is 8.52. The molecule has 1 heterocycles. The van der Waals surface area contributed by atoms with Crippen LogP contribution in [0.4, 0.5) is 10.8 Å². The first kappa shape index (κ1) is 17.9. The predicted molar refractivity (Wildman–Crippen MR) is 110 cm³/mol. The van der Waals surface area contributed by atoms with E-state index in [4.69, 9.17) is 0 Å². The Hall–Kier alpha value is -2.51. The van der Waals surface area contributed by atoms with Gasteiger partial charge in [0.2, 0.25) is 5.91 Å². The van der Waals surface area contributed by atoms with E-state index < -0.39 is 0 Å². The first-order valence-corrected chi connectivity index (χ1v) is 10.1. The van der Waals surface area contributed by atoms with Crippen molar-refractivity contribution in [2.75, 3.05) is 10.6 Å². The Morgan fingerprint density at radius 3 is 2.52 bits per heavy atom. The lowest BCUT2D eigenvalue weighted by molar-refractivity contribution is -0.117. The lowest BCUT2D eigenvalue weighted by Gasteiger charge is -2.11. The van der Waals surface area contributed by atoms with E-state index in [0.717, 1.165) is 33.6 Å². The summed E-state index contributed by atoms with van der Waals surface area (Å²) in [4.78, 5) is 30.6. The molecule has 27 heavy (non-hydrogen) atoms. The van der Waals surface area contributed by atoms with Crippen LogP contribution in [0, 0.1) is 0 Å². The zero-order valence-electron chi connectivity index (χ0n) is 14.2. The fourth-order valence-electron chi connectivity index (χ4n) is 3.06. The number of aromatic nitrogens is 1. The van der Waals surface area contributed by atoms with Crippen molar-refractivity contribution in [2.45, 2.75) is 18.8 Å². The molecule has 7 heteroatoms. The molecule has 0 saturated heterocycles. The van der Waals surface area contributed by atoms with Crippen molar-refractivity contribution >= 4 is 49.9 Å². The van der Waals surface area contributed by atoms with Gasteiger partial charge in [0.1, 0.15) is 0 Å². The van der Waals surface area contributed by atoms with Crippen LogP contribution in [0.1, 0.15) is 33.3 Å². The first-order chi connectivity index (χ1) is 13.1. The molecular weight excluding hydrogens is 426 g/mol. The molecule has 3 aromatic rings. The van der Waals surface area contributed by atoms with E-state index in [1.54, 1.807) is 12.1 Å². The number of anilines is 2. The third-order valence-electron chi connectivity index (χ3n) is 4.40. The van der Waals surface area contributed by atoms with Crippen molar-refractivity contribution in [3.63, 3.8) is 0 Å². The molecule has 2 amide bonds. The maximum Gasteiger partial charge on any atom is 0.257 e. The molecule has 0 spiro atoms. The van der Waals surface area contributed by atoms with Crippen LogP contribution in [-0.2, 0) is 11.2 Å². The highest BCUT2D eigenvalue weighted by molar-refractivity contribution is 9.10. The highest BCUT2D eigenvalue weighted by Gasteiger charge is 2.33. The van der Waals surface area contributed by atoms with Gasteiger partial charge in [-0.1, -0.05) is 34.1 Å². The highest BCUT2D eigenvalue weighted by atomic mass is 79.9. The minimum absolute atomic E-state index is 0.0673. The Morgan fingerprint density at radius 1 is 1.04 bits per heavy atom. The molecule has 5 nitrogen and oxygen atoms in total. The fraction of sp³-hybridized carbons (Fsp3) is 0.150. The van der Waals surface area contributed by atoms with Gasteiger partial charge in [0.05, 0.1) is 11.6 Å². The van der Waals surface area contributed by atoms with Crippen molar-refractivity contribution in [3.05, 3.63) is 75.2 Å². The Bertz CT molecular complexity index is 986. The number of carbonyl (C=O) groups excluding carboxylic acids is 2. The summed E-state index contributed by atoms with van der Waals surface area (Å²) in [5.41, 5.74) is 2.11. The zero-order chi connectivity index (χ0) is 18.8. The van der Waals surface area contributed by atoms with Crippen LogP contribution in [0.2, 0.25) is 0 Å². The van der Waals surface area contributed by atoms with Gasteiger partial charge in [-0.05, 0) is 49.2 Å². The van der Waals surface area contributed by atoms with Crippen molar-refractivity contribution in [2.24, 2.45) is 0 Å². The summed E-state index contributed by atoms with van der Waals surface area (Å²) >= 11 is 4.83. The molecule has 0 fully saturated rings. The third kappa shape index (κ3) is 3.94. The van der Waals surface area contributed by atoms with Crippen LogP contribution < -0.4 is 10.6 Å². The van der Waals surface area contributed by atoms with Crippen LogP contribution in [0.3, 0.4) is 0 Å². The average molecular weight is 442 g/mol. The van der Waals surface area contributed by atoms with Gasteiger partial charge in [0.15, 0.2) is 5.13 Å². The molecule has 0 radical (unpaired) electrons. The second-order valence-electron chi connectivity index (χ2n) is 6.23. The van der Waals surface area contributed by atoms with Gasteiger partial charge in [-0.25, -0.2) is 4.98 Å². The molecule has 4 rings (SSSR count). The Labute approximate surface area is 169 Å². The van der Waals surface area contributed by atoms with Gasteiger partial charge in [0, 0.05) is 20.6 Å². The molecule has 2 N–H and O–H groups in total. The number of carbonyl (C=O) groups is 2. The monoisotopic (exact) mass is 441 g/mol. The van der Waals surface area contributed by atoms with Gasteiger partial charge in [0.25, 0.3) is 5.91 Å². The van der Waals surface area contributed by atoms with Crippen LogP contribution in [0.15, 0.2) is 59.1 Å². The number of nitrogens with zero attached hydrogens (tertiary/aromatic N) is 1. The zero-order valence-corrected chi connectivity index (χ0v) is 16.6. The second-order valence-corrected chi connectivity index (χ2v) is 8.23. The van der Waals surface area contributed by atoms with Crippen molar-refractivity contribution in [1.29, 1.82) is 0 Å². The minimum atomic E-state index is -0.290. The predicted octanol–water partition coefficient (Wildman–Crippen LogP) is 4.83. The van der Waals surface area contributed by atoms with Gasteiger partial charge in [-0.3, -0.25) is 14.9 Å². The summed E-state index contributed by atoms with van der Waals surface area (Å²) < 4.78 is 0.960. The number of hydrogen-bond acceptors (Lipinski definition) is 4. The molecule has 1 aliphatic rings. The van der Waals surface area contributed by atoms with E-state index in [1.807, 2.05) is 42.5 Å². The summed E-state index contributed by atoms with van der Waals surface area (Å²) in [7, 11) is 0. The van der Waals surface area contributed by atoms with Crippen LogP contribution in [-0.4, -0.2) is 16.8 Å². The number of rotatable bonds is 4. The minimum Gasteiger partial charge on any atom is -0.326 e. The summed E-state index contributed by atoms with van der Waals surface area (Å²) in [6.07, 6.45) is 1.54. The van der Waals surface area contributed by atoms with E-state index in [0.29, 0.717) is 10.7 Å². The Kier molecular flexibility index (Phi) is 5.05. The molecule has 0 aliphatic heterocycles. The van der Waals surface area contributed by atoms with Crippen molar-refractivity contribution in [1.82, 2.24) is 4.98 Å². The van der Waals surface area contributed by atoms with Crippen LogP contribution in [0.25, 0.3) is 0 Å². The van der Waals surface area contributed by atoms with E-state index in [9.17, 15) is 9.59 Å². The number of benzene rings is 2.